The predicted molar refractivity (Wildman–Crippen MR) is 114 cm³/mol. The van der Waals surface area contributed by atoms with Crippen LogP contribution >= 0.6 is 23.2 Å². The Bertz CT molecular complexity index is 1120. The molecule has 0 unspecified atom stereocenters. The normalized spacial score (nSPS) is 15.6. The van der Waals surface area contributed by atoms with E-state index in [1.54, 1.807) is 48.5 Å². The molecular formula is C21H20Cl2N2O3S. The number of hydrogen-bond acceptors (Lipinski definition) is 5. The first kappa shape index (κ1) is 20.3. The van der Waals surface area contributed by atoms with E-state index in [9.17, 15) is 8.42 Å². The standard InChI is InChI=1S/C21H20Cl2N2O3S/c1-14-9-11-25(12-10-14)21-20(29(26,27)16-5-3-2-4-6-16)24-19(28-21)17-8-7-15(22)13-18(17)23/h2-8,13-14H,9-12H2,1H3. The summed E-state index contributed by atoms with van der Waals surface area (Å²) in [4.78, 5) is 6.52. The average Bonchev–Trinajstić information content (AvgIpc) is 3.15. The largest absolute Gasteiger partial charge is 0.419 e. The summed E-state index contributed by atoms with van der Waals surface area (Å²) in [6.45, 7) is 3.61. The minimum Gasteiger partial charge on any atom is -0.419 e. The first-order valence-electron chi connectivity index (χ1n) is 9.37. The van der Waals surface area contributed by atoms with Crippen molar-refractivity contribution in [2.24, 2.45) is 5.92 Å². The van der Waals surface area contributed by atoms with Gasteiger partial charge >= 0.3 is 0 Å². The Morgan fingerprint density at radius 3 is 2.41 bits per heavy atom. The quantitative estimate of drug-likeness (QED) is 0.508. The molecule has 0 bridgehead atoms. The number of oxazole rings is 1. The maximum atomic E-state index is 13.3. The van der Waals surface area contributed by atoms with E-state index in [2.05, 4.69) is 11.9 Å². The number of piperidine rings is 1. The first-order chi connectivity index (χ1) is 13.9. The van der Waals surface area contributed by atoms with Crippen molar-refractivity contribution >= 4 is 38.9 Å². The highest BCUT2D eigenvalue weighted by atomic mass is 35.5. The lowest BCUT2D eigenvalue weighted by molar-refractivity contribution is 0.416. The maximum absolute atomic E-state index is 13.3. The van der Waals surface area contributed by atoms with Crippen molar-refractivity contribution in [3.05, 3.63) is 58.6 Å². The van der Waals surface area contributed by atoms with Crippen LogP contribution < -0.4 is 4.90 Å². The van der Waals surface area contributed by atoms with Gasteiger partial charge in [-0.15, -0.1) is 0 Å². The number of anilines is 1. The van der Waals surface area contributed by atoms with Crippen molar-refractivity contribution in [3.63, 3.8) is 0 Å². The van der Waals surface area contributed by atoms with Crippen LogP contribution in [0.5, 0.6) is 0 Å². The topological polar surface area (TPSA) is 63.4 Å². The van der Waals surface area contributed by atoms with Crippen LogP contribution in [0.25, 0.3) is 11.5 Å². The summed E-state index contributed by atoms with van der Waals surface area (Å²) in [5.41, 5.74) is 0.497. The molecule has 8 heteroatoms. The number of nitrogens with zero attached hydrogens (tertiary/aromatic N) is 2. The predicted octanol–water partition coefficient (Wildman–Crippen LogP) is 5.72. The summed E-state index contributed by atoms with van der Waals surface area (Å²) in [5.74, 6) is 1.02. The van der Waals surface area contributed by atoms with Crippen molar-refractivity contribution in [2.75, 3.05) is 18.0 Å². The Kier molecular flexibility index (Phi) is 5.60. The van der Waals surface area contributed by atoms with E-state index in [1.807, 2.05) is 4.90 Å². The van der Waals surface area contributed by atoms with Crippen molar-refractivity contribution in [2.45, 2.75) is 29.7 Å². The molecule has 0 amide bonds. The van der Waals surface area contributed by atoms with Crippen LogP contribution in [0, 0.1) is 5.92 Å². The Morgan fingerprint density at radius 1 is 1.07 bits per heavy atom. The monoisotopic (exact) mass is 450 g/mol. The molecule has 152 valence electrons. The van der Waals surface area contributed by atoms with Gasteiger partial charge in [-0.25, -0.2) is 8.42 Å². The van der Waals surface area contributed by atoms with Gasteiger partial charge in [-0.1, -0.05) is 48.3 Å². The lowest BCUT2D eigenvalue weighted by atomic mass is 9.99. The zero-order chi connectivity index (χ0) is 20.6. The van der Waals surface area contributed by atoms with Gasteiger partial charge in [-0.3, -0.25) is 0 Å². The first-order valence-corrected chi connectivity index (χ1v) is 11.6. The third-order valence-electron chi connectivity index (χ3n) is 5.12. The Labute approximate surface area is 180 Å². The summed E-state index contributed by atoms with van der Waals surface area (Å²) in [7, 11) is -3.86. The van der Waals surface area contributed by atoms with Gasteiger partial charge in [0.15, 0.2) is 0 Å². The molecule has 5 nitrogen and oxygen atoms in total. The Morgan fingerprint density at radius 2 is 1.76 bits per heavy atom. The van der Waals surface area contributed by atoms with Gasteiger partial charge < -0.3 is 9.32 Å². The lowest BCUT2D eigenvalue weighted by Crippen LogP contribution is -2.33. The highest BCUT2D eigenvalue weighted by molar-refractivity contribution is 7.91. The summed E-state index contributed by atoms with van der Waals surface area (Å²) in [5, 5.41) is 0.744. The molecule has 2 aromatic carbocycles. The van der Waals surface area contributed by atoms with Gasteiger partial charge in [-0.05, 0) is 49.1 Å². The van der Waals surface area contributed by atoms with Gasteiger partial charge in [0.1, 0.15) is 0 Å². The van der Waals surface area contributed by atoms with Crippen molar-refractivity contribution in [1.82, 2.24) is 4.98 Å². The molecule has 1 fully saturated rings. The fourth-order valence-corrected chi connectivity index (χ4v) is 5.21. The number of hydrogen-bond donors (Lipinski definition) is 0. The van der Waals surface area contributed by atoms with E-state index in [4.69, 9.17) is 27.6 Å². The van der Waals surface area contributed by atoms with Crippen LogP contribution in [0.3, 0.4) is 0 Å². The van der Waals surface area contributed by atoms with Crippen LogP contribution in [-0.4, -0.2) is 26.5 Å². The number of aromatic nitrogens is 1. The van der Waals surface area contributed by atoms with Crippen molar-refractivity contribution in [3.8, 4) is 11.5 Å². The average molecular weight is 451 g/mol. The highest BCUT2D eigenvalue weighted by Crippen LogP contribution is 2.38. The molecule has 0 spiro atoms. The molecule has 4 rings (SSSR count). The highest BCUT2D eigenvalue weighted by Gasteiger charge is 2.33. The molecule has 2 heterocycles. The molecule has 1 aromatic heterocycles. The maximum Gasteiger partial charge on any atom is 0.236 e. The van der Waals surface area contributed by atoms with Gasteiger partial charge in [-0.2, -0.15) is 4.98 Å². The SMILES string of the molecule is CC1CCN(c2oc(-c3ccc(Cl)cc3Cl)nc2S(=O)(=O)c2ccccc2)CC1. The molecule has 0 N–H and O–H groups in total. The van der Waals surface area contributed by atoms with E-state index in [0.717, 1.165) is 12.8 Å². The van der Waals surface area contributed by atoms with Crippen LogP contribution in [0.2, 0.25) is 10.0 Å². The molecule has 1 aliphatic heterocycles. The van der Waals surface area contributed by atoms with Gasteiger partial charge in [0.25, 0.3) is 0 Å². The van der Waals surface area contributed by atoms with Gasteiger partial charge in [0, 0.05) is 18.1 Å². The minimum atomic E-state index is -3.86. The van der Waals surface area contributed by atoms with Crippen LogP contribution in [0.4, 0.5) is 5.88 Å². The summed E-state index contributed by atoms with van der Waals surface area (Å²) < 4.78 is 32.7. The molecule has 0 aliphatic carbocycles. The third kappa shape index (κ3) is 4.02. The van der Waals surface area contributed by atoms with Crippen LogP contribution in [0.15, 0.2) is 62.9 Å². The third-order valence-corrected chi connectivity index (χ3v) is 7.34. The number of sulfone groups is 1. The van der Waals surface area contributed by atoms with E-state index in [1.165, 1.54) is 0 Å². The molecule has 0 saturated carbocycles. The smallest absolute Gasteiger partial charge is 0.236 e. The zero-order valence-electron chi connectivity index (χ0n) is 15.8. The van der Waals surface area contributed by atoms with Crippen LogP contribution in [0.1, 0.15) is 19.8 Å². The molecule has 0 radical (unpaired) electrons. The number of benzene rings is 2. The molecule has 1 aliphatic rings. The van der Waals surface area contributed by atoms with Gasteiger partial charge in [0.2, 0.25) is 26.6 Å². The number of rotatable bonds is 4. The summed E-state index contributed by atoms with van der Waals surface area (Å²) in [6.07, 6.45) is 1.92. The fourth-order valence-electron chi connectivity index (χ4n) is 3.37. The number of halogens is 2. The van der Waals surface area contributed by atoms with E-state index < -0.39 is 9.84 Å². The van der Waals surface area contributed by atoms with E-state index in [0.29, 0.717) is 34.6 Å². The molecule has 0 atom stereocenters. The summed E-state index contributed by atoms with van der Waals surface area (Å²) >= 11 is 12.3. The van der Waals surface area contributed by atoms with Gasteiger partial charge in [0.05, 0.1) is 15.5 Å². The van der Waals surface area contributed by atoms with Crippen molar-refractivity contribution in [1.29, 1.82) is 0 Å². The molecular weight excluding hydrogens is 431 g/mol. The fraction of sp³-hybridized carbons (Fsp3) is 0.286. The second-order valence-electron chi connectivity index (χ2n) is 7.24. The second kappa shape index (κ2) is 8.01. The minimum absolute atomic E-state index is 0.0840. The van der Waals surface area contributed by atoms with E-state index in [-0.39, 0.29) is 21.7 Å². The zero-order valence-corrected chi connectivity index (χ0v) is 18.1. The summed E-state index contributed by atoms with van der Waals surface area (Å²) in [6, 6.07) is 13.2. The second-order valence-corrected chi connectivity index (χ2v) is 9.95. The Hall–Kier alpha value is -2.02. The molecule has 1 saturated heterocycles. The van der Waals surface area contributed by atoms with Crippen molar-refractivity contribution < 1.29 is 12.8 Å². The van der Waals surface area contributed by atoms with Crippen LogP contribution in [-0.2, 0) is 9.84 Å². The van der Waals surface area contributed by atoms with E-state index >= 15 is 0 Å². The Balaban J connectivity index is 1.85. The lowest BCUT2D eigenvalue weighted by Gasteiger charge is -2.30. The molecule has 29 heavy (non-hydrogen) atoms. The molecule has 3 aromatic rings.